The number of nitrogens with zero attached hydrogens (tertiary/aromatic N) is 3. The summed E-state index contributed by atoms with van der Waals surface area (Å²) >= 11 is 7.59. The summed E-state index contributed by atoms with van der Waals surface area (Å²) in [6.07, 6.45) is 5.70. The Kier molecular flexibility index (Phi) is 6.20. The molecule has 1 aromatic carbocycles. The summed E-state index contributed by atoms with van der Waals surface area (Å²) in [6.45, 7) is 2.69. The second kappa shape index (κ2) is 9.29. The number of benzene rings is 1. The van der Waals surface area contributed by atoms with Gasteiger partial charge in [0.2, 0.25) is 0 Å². The summed E-state index contributed by atoms with van der Waals surface area (Å²) in [7, 11) is 0. The van der Waals surface area contributed by atoms with E-state index in [-0.39, 0.29) is 6.10 Å². The van der Waals surface area contributed by atoms with Gasteiger partial charge in [-0.05, 0) is 44.4 Å². The van der Waals surface area contributed by atoms with Crippen molar-refractivity contribution in [1.82, 2.24) is 9.38 Å². The van der Waals surface area contributed by atoms with Crippen LogP contribution in [0.1, 0.15) is 47.5 Å². The molecule has 7 nitrogen and oxygen atoms in total. The highest BCUT2D eigenvalue weighted by atomic mass is 35.5. The van der Waals surface area contributed by atoms with E-state index in [2.05, 4.69) is 4.98 Å². The van der Waals surface area contributed by atoms with Crippen LogP contribution in [-0.2, 0) is 0 Å². The predicted molar refractivity (Wildman–Crippen MR) is 135 cm³/mol. The lowest BCUT2D eigenvalue weighted by molar-refractivity contribution is 0.0998. The molecule has 0 aliphatic carbocycles. The lowest BCUT2D eigenvalue weighted by Gasteiger charge is -2.34. The fourth-order valence-corrected chi connectivity index (χ4v) is 5.59. The van der Waals surface area contributed by atoms with Crippen LogP contribution >= 0.6 is 22.9 Å². The van der Waals surface area contributed by atoms with E-state index in [0.29, 0.717) is 15.6 Å². The molecule has 1 saturated heterocycles. The van der Waals surface area contributed by atoms with Gasteiger partial charge in [0, 0.05) is 29.4 Å². The highest BCUT2D eigenvalue weighted by Crippen LogP contribution is 2.39. The molecule has 2 atom stereocenters. The largest absolute Gasteiger partial charge is 0.484 e. The van der Waals surface area contributed by atoms with Crippen LogP contribution in [0.3, 0.4) is 0 Å². The molecule has 1 amide bonds. The zero-order chi connectivity index (χ0) is 23.8. The Balaban J connectivity index is 1.51. The average molecular weight is 497 g/mol. The first-order valence-electron chi connectivity index (χ1n) is 11.2. The number of carbonyl (C=O) groups excluding carboxylic acids is 1. The molecule has 5 rings (SSSR count). The molecular formula is C25H25ClN4O3S. The molecule has 4 heterocycles. The van der Waals surface area contributed by atoms with Crippen LogP contribution in [0.2, 0.25) is 5.02 Å². The molecule has 1 aliphatic rings. The minimum atomic E-state index is -0.552. The molecule has 4 aromatic rings. The molecule has 0 saturated carbocycles. The smallest absolute Gasteiger partial charge is 0.262 e. The Morgan fingerprint density at radius 2 is 2.12 bits per heavy atom. The number of amides is 1. The third kappa shape index (κ3) is 4.24. The van der Waals surface area contributed by atoms with Crippen LogP contribution < -0.4 is 15.4 Å². The van der Waals surface area contributed by atoms with Crippen molar-refractivity contribution in [3.63, 3.8) is 0 Å². The highest BCUT2D eigenvalue weighted by molar-refractivity contribution is 7.17. The molecule has 3 aromatic heterocycles. The van der Waals surface area contributed by atoms with Crippen molar-refractivity contribution in [3.05, 3.63) is 70.3 Å². The van der Waals surface area contributed by atoms with Gasteiger partial charge in [-0.2, -0.15) is 0 Å². The van der Waals surface area contributed by atoms with Crippen molar-refractivity contribution in [3.8, 4) is 16.3 Å². The van der Waals surface area contributed by atoms with Crippen molar-refractivity contribution in [2.75, 3.05) is 11.4 Å². The van der Waals surface area contributed by atoms with E-state index in [0.717, 1.165) is 53.3 Å². The average Bonchev–Trinajstić information content (AvgIpc) is 3.43. The lowest BCUT2D eigenvalue weighted by Crippen LogP contribution is -2.39. The van der Waals surface area contributed by atoms with Crippen LogP contribution in [0.15, 0.2) is 54.9 Å². The maximum atomic E-state index is 12.2. The van der Waals surface area contributed by atoms with E-state index < -0.39 is 12.1 Å². The number of nitrogens with two attached hydrogens (primary N) is 1. The van der Waals surface area contributed by atoms with Gasteiger partial charge in [0.1, 0.15) is 28.6 Å². The van der Waals surface area contributed by atoms with E-state index in [1.165, 1.54) is 11.3 Å². The van der Waals surface area contributed by atoms with Crippen molar-refractivity contribution in [2.45, 2.75) is 38.5 Å². The van der Waals surface area contributed by atoms with Gasteiger partial charge in [0.25, 0.3) is 5.91 Å². The zero-order valence-corrected chi connectivity index (χ0v) is 20.2. The number of piperidine rings is 1. The van der Waals surface area contributed by atoms with E-state index in [1.807, 2.05) is 58.8 Å². The number of fused-ring (bicyclic) bond motifs is 1. The molecule has 0 spiro atoms. The van der Waals surface area contributed by atoms with Crippen LogP contribution in [0.4, 0.5) is 5.69 Å². The second-order valence-corrected chi connectivity index (χ2v) is 9.84. The number of hydrogen-bond acceptors (Lipinski definition) is 6. The first-order chi connectivity index (χ1) is 16.4. The number of pyridine rings is 1. The Labute approximate surface area is 206 Å². The van der Waals surface area contributed by atoms with Gasteiger partial charge in [-0.3, -0.25) is 9.20 Å². The number of carbonyl (C=O) groups is 1. The number of rotatable bonds is 6. The number of aromatic nitrogens is 2. The first kappa shape index (κ1) is 22.7. The number of thiophene rings is 1. The summed E-state index contributed by atoms with van der Waals surface area (Å²) in [5, 5.41) is 11.1. The molecule has 34 heavy (non-hydrogen) atoms. The summed E-state index contributed by atoms with van der Waals surface area (Å²) in [5.74, 6) is -0.138. The third-order valence-corrected chi connectivity index (χ3v) is 7.61. The number of imidazole rings is 1. The monoisotopic (exact) mass is 496 g/mol. The summed E-state index contributed by atoms with van der Waals surface area (Å²) < 4.78 is 8.12. The number of ether oxygens (including phenoxy) is 1. The fraction of sp³-hybridized carbons (Fsp3) is 0.280. The topological polar surface area (TPSA) is 93.1 Å². The van der Waals surface area contributed by atoms with Gasteiger partial charge in [0.05, 0.1) is 22.5 Å². The second-order valence-electron chi connectivity index (χ2n) is 8.38. The van der Waals surface area contributed by atoms with E-state index in [4.69, 9.17) is 22.1 Å². The SMILES string of the molecule is C[C@@H](Oc1cc(-c2cnc3ccc(N4CCCCC4O)cn23)sc1C(N)=O)c1ccccc1Cl. The van der Waals surface area contributed by atoms with E-state index in [9.17, 15) is 9.90 Å². The van der Waals surface area contributed by atoms with E-state index in [1.54, 1.807) is 12.3 Å². The Morgan fingerprint density at radius 1 is 1.29 bits per heavy atom. The molecule has 1 aliphatic heterocycles. The number of primary amides is 1. The summed E-state index contributed by atoms with van der Waals surface area (Å²) in [5.41, 5.74) is 9.02. The fourth-order valence-electron chi connectivity index (χ4n) is 4.36. The van der Waals surface area contributed by atoms with Gasteiger partial charge < -0.3 is 20.5 Å². The van der Waals surface area contributed by atoms with Gasteiger partial charge in [-0.1, -0.05) is 29.8 Å². The van der Waals surface area contributed by atoms with Gasteiger partial charge >= 0.3 is 0 Å². The number of aliphatic hydroxyl groups is 1. The summed E-state index contributed by atoms with van der Waals surface area (Å²) in [4.78, 5) is 19.9. The molecular weight excluding hydrogens is 472 g/mol. The Bertz CT molecular complexity index is 1350. The molecule has 9 heteroatoms. The minimum Gasteiger partial charge on any atom is -0.484 e. The molecule has 1 unspecified atom stereocenters. The predicted octanol–water partition coefficient (Wildman–Crippen LogP) is 5.26. The van der Waals surface area contributed by atoms with E-state index >= 15 is 0 Å². The van der Waals surface area contributed by atoms with Crippen molar-refractivity contribution >= 4 is 40.2 Å². The Hall–Kier alpha value is -3.07. The summed E-state index contributed by atoms with van der Waals surface area (Å²) in [6, 6.07) is 13.2. The van der Waals surface area contributed by atoms with Gasteiger partial charge in [-0.15, -0.1) is 11.3 Å². The van der Waals surface area contributed by atoms with Crippen LogP contribution in [0.5, 0.6) is 5.75 Å². The molecule has 176 valence electrons. The molecule has 3 N–H and O–H groups in total. The highest BCUT2D eigenvalue weighted by Gasteiger charge is 2.23. The Morgan fingerprint density at radius 3 is 2.88 bits per heavy atom. The zero-order valence-electron chi connectivity index (χ0n) is 18.6. The van der Waals surface area contributed by atoms with Crippen LogP contribution in [0, 0.1) is 0 Å². The van der Waals surface area contributed by atoms with Crippen LogP contribution in [-0.4, -0.2) is 33.2 Å². The van der Waals surface area contributed by atoms with Crippen molar-refractivity contribution in [2.24, 2.45) is 5.73 Å². The molecule has 0 bridgehead atoms. The number of hydrogen-bond donors (Lipinski definition) is 2. The number of aliphatic hydroxyl groups excluding tert-OH is 1. The molecule has 1 fully saturated rings. The number of anilines is 1. The quantitative estimate of drug-likeness (QED) is 0.379. The maximum Gasteiger partial charge on any atom is 0.262 e. The van der Waals surface area contributed by atoms with Gasteiger partial charge in [0.15, 0.2) is 0 Å². The minimum absolute atomic E-state index is 0.339. The first-order valence-corrected chi connectivity index (χ1v) is 12.4. The van der Waals surface area contributed by atoms with Gasteiger partial charge in [-0.25, -0.2) is 4.98 Å². The number of halogens is 1. The third-order valence-electron chi connectivity index (χ3n) is 6.11. The standard InChI is InChI=1S/C25H25ClN4O3S/c1-15(17-6-2-3-7-18(17)26)33-20-12-21(34-24(20)25(27)32)19-13-28-22-10-9-16(14-30(19)22)29-11-5-4-8-23(29)31/h2-3,6-7,9-10,12-15,23,31H,4-5,8,11H2,1H3,(H2,27,32)/t15-,23?/m1/s1. The maximum absolute atomic E-state index is 12.2. The van der Waals surface area contributed by atoms with Crippen molar-refractivity contribution < 1.29 is 14.6 Å². The van der Waals surface area contributed by atoms with Crippen LogP contribution in [0.25, 0.3) is 16.2 Å². The normalized spacial score (nSPS) is 17.1. The van der Waals surface area contributed by atoms with Crippen molar-refractivity contribution in [1.29, 1.82) is 0 Å². The lowest BCUT2D eigenvalue weighted by atomic mass is 10.1. The molecule has 0 radical (unpaired) electrons.